The molecule has 0 atom stereocenters. The number of hydrogen-bond donors (Lipinski definition) is 4. The van der Waals surface area contributed by atoms with Gasteiger partial charge in [-0.1, -0.05) is 6.07 Å². The van der Waals surface area contributed by atoms with Gasteiger partial charge in [-0.3, -0.25) is 14.7 Å². The van der Waals surface area contributed by atoms with E-state index < -0.39 is 11.8 Å². The van der Waals surface area contributed by atoms with Crippen molar-refractivity contribution in [1.82, 2.24) is 20.5 Å². The first-order valence-corrected chi connectivity index (χ1v) is 6.29. The Morgan fingerprint density at radius 3 is 2.86 bits per heavy atom. The number of carbonyl (C=O) groups is 2. The number of aryl methyl sites for hydroxylation is 1. The second kappa shape index (κ2) is 6.62. The maximum Gasteiger partial charge on any atom is 0.274 e. The maximum absolute atomic E-state index is 12.1. The van der Waals surface area contributed by atoms with Crippen LogP contribution in [0.5, 0.6) is 0 Å². The van der Waals surface area contributed by atoms with Crippen molar-refractivity contribution in [2.75, 3.05) is 18.5 Å². The number of amides is 2. The van der Waals surface area contributed by atoms with Crippen LogP contribution in [0.2, 0.25) is 0 Å². The van der Waals surface area contributed by atoms with Crippen molar-refractivity contribution in [3.63, 3.8) is 0 Å². The maximum atomic E-state index is 12.1. The number of pyridine rings is 1. The van der Waals surface area contributed by atoms with E-state index in [1.807, 2.05) is 0 Å². The third-order valence-corrected chi connectivity index (χ3v) is 2.63. The lowest BCUT2D eigenvalue weighted by molar-refractivity contribution is 0.0940. The van der Waals surface area contributed by atoms with Crippen molar-refractivity contribution in [2.45, 2.75) is 6.92 Å². The van der Waals surface area contributed by atoms with E-state index in [0.717, 1.165) is 5.69 Å². The van der Waals surface area contributed by atoms with Gasteiger partial charge in [0.15, 0.2) is 0 Å². The fourth-order valence-electron chi connectivity index (χ4n) is 1.67. The smallest absolute Gasteiger partial charge is 0.274 e. The summed E-state index contributed by atoms with van der Waals surface area (Å²) >= 11 is 0. The van der Waals surface area contributed by atoms with Crippen LogP contribution in [-0.4, -0.2) is 45.3 Å². The normalized spacial score (nSPS) is 10.2. The van der Waals surface area contributed by atoms with E-state index in [4.69, 9.17) is 5.11 Å². The Bertz CT molecular complexity index is 653. The molecule has 0 spiro atoms. The molecule has 0 saturated heterocycles. The topological polar surface area (TPSA) is 120 Å². The lowest BCUT2D eigenvalue weighted by Crippen LogP contribution is -2.28. The Morgan fingerprint density at radius 1 is 1.33 bits per heavy atom. The minimum Gasteiger partial charge on any atom is -0.395 e. The molecular weight excluding hydrogens is 274 g/mol. The van der Waals surface area contributed by atoms with Gasteiger partial charge in [-0.15, -0.1) is 0 Å². The molecule has 2 aromatic heterocycles. The number of rotatable bonds is 5. The number of aliphatic hydroxyl groups excluding tert-OH is 1. The summed E-state index contributed by atoms with van der Waals surface area (Å²) < 4.78 is 0. The third-order valence-electron chi connectivity index (χ3n) is 2.63. The SMILES string of the molecule is Cc1cccc(C(=O)Nc2cn[nH]c2C(=O)NCCO)n1. The first-order chi connectivity index (χ1) is 10.1. The fraction of sp³-hybridized carbons (Fsp3) is 0.231. The molecule has 8 heteroatoms. The van der Waals surface area contributed by atoms with Crippen molar-refractivity contribution in [2.24, 2.45) is 0 Å². The molecule has 2 rings (SSSR count). The Hall–Kier alpha value is -2.74. The molecule has 0 radical (unpaired) electrons. The summed E-state index contributed by atoms with van der Waals surface area (Å²) in [6, 6.07) is 5.08. The van der Waals surface area contributed by atoms with Crippen LogP contribution >= 0.6 is 0 Å². The summed E-state index contributed by atoms with van der Waals surface area (Å²) in [5, 5.41) is 20.0. The standard InChI is InChI=1S/C13H15N5O3/c1-8-3-2-4-9(16-8)12(20)17-10-7-15-18-11(10)13(21)14-5-6-19/h2-4,7,19H,5-6H2,1H3,(H,14,21)(H,15,18)(H,17,20). The number of aliphatic hydroxyl groups is 1. The van der Waals surface area contributed by atoms with Gasteiger partial charge in [-0.05, 0) is 19.1 Å². The Morgan fingerprint density at radius 2 is 2.14 bits per heavy atom. The van der Waals surface area contributed by atoms with Crippen molar-refractivity contribution < 1.29 is 14.7 Å². The van der Waals surface area contributed by atoms with Gasteiger partial charge in [0.1, 0.15) is 11.4 Å². The summed E-state index contributed by atoms with van der Waals surface area (Å²) in [7, 11) is 0. The van der Waals surface area contributed by atoms with Crippen LogP contribution in [0.15, 0.2) is 24.4 Å². The van der Waals surface area contributed by atoms with E-state index >= 15 is 0 Å². The van der Waals surface area contributed by atoms with Crippen LogP contribution in [0.25, 0.3) is 0 Å². The lowest BCUT2D eigenvalue weighted by atomic mass is 10.3. The van der Waals surface area contributed by atoms with E-state index in [2.05, 4.69) is 25.8 Å². The molecule has 0 aromatic carbocycles. The highest BCUT2D eigenvalue weighted by molar-refractivity contribution is 6.07. The molecule has 0 aliphatic heterocycles. The van der Waals surface area contributed by atoms with Gasteiger partial charge in [0, 0.05) is 12.2 Å². The summed E-state index contributed by atoms with van der Waals surface area (Å²) in [6.07, 6.45) is 1.33. The van der Waals surface area contributed by atoms with Gasteiger partial charge in [0.25, 0.3) is 11.8 Å². The van der Waals surface area contributed by atoms with Gasteiger partial charge in [0.2, 0.25) is 0 Å². The van der Waals surface area contributed by atoms with Gasteiger partial charge < -0.3 is 15.7 Å². The van der Waals surface area contributed by atoms with Crippen LogP contribution in [0, 0.1) is 6.92 Å². The van der Waals surface area contributed by atoms with Gasteiger partial charge in [-0.2, -0.15) is 5.10 Å². The molecule has 0 fully saturated rings. The second-order valence-corrected chi connectivity index (χ2v) is 4.26. The van der Waals surface area contributed by atoms with Crippen LogP contribution < -0.4 is 10.6 Å². The molecule has 21 heavy (non-hydrogen) atoms. The Balaban J connectivity index is 2.12. The number of nitrogens with zero attached hydrogens (tertiary/aromatic N) is 2. The fourth-order valence-corrected chi connectivity index (χ4v) is 1.67. The first kappa shape index (κ1) is 14.7. The minimum absolute atomic E-state index is 0.115. The molecule has 0 aliphatic rings. The number of carbonyl (C=O) groups excluding carboxylic acids is 2. The van der Waals surface area contributed by atoms with Gasteiger partial charge in [-0.25, -0.2) is 4.98 Å². The van der Waals surface area contributed by atoms with Gasteiger partial charge in [0.05, 0.1) is 18.5 Å². The molecule has 8 nitrogen and oxygen atoms in total. The minimum atomic E-state index is -0.464. The number of nitrogens with one attached hydrogen (secondary N) is 3. The molecule has 0 unspecified atom stereocenters. The number of aromatic amines is 1. The third kappa shape index (κ3) is 3.63. The Labute approximate surface area is 120 Å². The van der Waals surface area contributed by atoms with Crippen LogP contribution in [0.4, 0.5) is 5.69 Å². The molecule has 0 saturated carbocycles. The molecule has 2 amide bonds. The van der Waals surface area contributed by atoms with E-state index in [9.17, 15) is 9.59 Å². The average molecular weight is 289 g/mol. The highest BCUT2D eigenvalue weighted by Crippen LogP contribution is 2.12. The number of H-pyrrole nitrogens is 1. The molecule has 0 aliphatic carbocycles. The lowest BCUT2D eigenvalue weighted by Gasteiger charge is -2.06. The number of aromatic nitrogens is 3. The zero-order chi connectivity index (χ0) is 15.2. The van der Waals surface area contributed by atoms with Crippen molar-refractivity contribution in [3.05, 3.63) is 41.5 Å². The summed E-state index contributed by atoms with van der Waals surface area (Å²) in [4.78, 5) is 28.0. The zero-order valence-corrected chi connectivity index (χ0v) is 11.4. The largest absolute Gasteiger partial charge is 0.395 e. The number of hydrogen-bond acceptors (Lipinski definition) is 5. The van der Waals surface area contributed by atoms with Crippen molar-refractivity contribution in [1.29, 1.82) is 0 Å². The van der Waals surface area contributed by atoms with Crippen LogP contribution in [-0.2, 0) is 0 Å². The molecule has 2 aromatic rings. The van der Waals surface area contributed by atoms with Gasteiger partial charge >= 0.3 is 0 Å². The molecular formula is C13H15N5O3. The summed E-state index contributed by atoms with van der Waals surface area (Å²) in [5.41, 5.74) is 1.33. The molecule has 0 bridgehead atoms. The molecule has 4 N–H and O–H groups in total. The zero-order valence-electron chi connectivity index (χ0n) is 11.4. The van der Waals surface area contributed by atoms with Crippen molar-refractivity contribution in [3.8, 4) is 0 Å². The summed E-state index contributed by atoms with van der Waals surface area (Å²) in [6.45, 7) is 1.72. The van der Waals surface area contributed by atoms with Crippen LogP contribution in [0.1, 0.15) is 26.7 Å². The molecule has 110 valence electrons. The monoisotopic (exact) mass is 289 g/mol. The average Bonchev–Trinajstić information content (AvgIpc) is 2.93. The second-order valence-electron chi connectivity index (χ2n) is 4.26. The quantitative estimate of drug-likeness (QED) is 0.621. The van der Waals surface area contributed by atoms with E-state index in [1.165, 1.54) is 6.20 Å². The highest BCUT2D eigenvalue weighted by atomic mass is 16.3. The highest BCUT2D eigenvalue weighted by Gasteiger charge is 2.16. The first-order valence-electron chi connectivity index (χ1n) is 6.29. The predicted molar refractivity (Wildman–Crippen MR) is 74.9 cm³/mol. The predicted octanol–water partition coefficient (Wildman–Crippen LogP) is 0.0875. The number of anilines is 1. The summed E-state index contributed by atoms with van der Waals surface area (Å²) in [5.74, 6) is -0.898. The Kier molecular flexibility index (Phi) is 4.62. The van der Waals surface area contributed by atoms with Crippen molar-refractivity contribution >= 4 is 17.5 Å². The van der Waals surface area contributed by atoms with E-state index in [1.54, 1.807) is 25.1 Å². The van der Waals surface area contributed by atoms with Crippen LogP contribution in [0.3, 0.4) is 0 Å². The molecule has 2 heterocycles. The van der Waals surface area contributed by atoms with E-state index in [0.29, 0.717) is 0 Å². The van der Waals surface area contributed by atoms with E-state index in [-0.39, 0.29) is 30.2 Å².